The molecule has 0 heterocycles. The maximum atomic E-state index is 13.4. The molecule has 1 aromatic carbocycles. The molecule has 2 atom stereocenters. The summed E-state index contributed by atoms with van der Waals surface area (Å²) >= 11 is 0. The van der Waals surface area contributed by atoms with Gasteiger partial charge in [-0.1, -0.05) is 30.3 Å². The molecule has 0 amide bonds. The first-order valence-corrected chi connectivity index (χ1v) is 5.65. The van der Waals surface area contributed by atoms with Gasteiger partial charge in [-0.2, -0.15) is 0 Å². The van der Waals surface area contributed by atoms with E-state index in [-0.39, 0.29) is 19.3 Å². The quantitative estimate of drug-likeness (QED) is 0.861. The zero-order valence-electron chi connectivity index (χ0n) is 9.27. The fourth-order valence-electron chi connectivity index (χ4n) is 2.48. The SMILES string of the molecule is O=C(O)C1CCC(F)(F)CC1c1ccccc1. The predicted octanol–water partition coefficient (Wildman–Crippen LogP) is 3.29. The lowest BCUT2D eigenvalue weighted by Crippen LogP contribution is -2.35. The number of hydrogen-bond acceptors (Lipinski definition) is 1. The molecule has 0 saturated heterocycles. The fourth-order valence-corrected chi connectivity index (χ4v) is 2.48. The van der Waals surface area contributed by atoms with Crippen LogP contribution in [-0.4, -0.2) is 17.0 Å². The number of aliphatic carboxylic acids is 1. The highest BCUT2D eigenvalue weighted by Crippen LogP contribution is 2.45. The number of rotatable bonds is 2. The minimum Gasteiger partial charge on any atom is -0.481 e. The zero-order valence-corrected chi connectivity index (χ0v) is 9.27. The molecule has 1 saturated carbocycles. The number of benzene rings is 1. The van der Waals surface area contributed by atoms with Gasteiger partial charge < -0.3 is 5.11 Å². The van der Waals surface area contributed by atoms with Gasteiger partial charge in [0.1, 0.15) is 0 Å². The summed E-state index contributed by atoms with van der Waals surface area (Å²) in [6, 6.07) is 8.74. The predicted molar refractivity (Wildman–Crippen MR) is 59.1 cm³/mol. The van der Waals surface area contributed by atoms with Crippen molar-refractivity contribution in [3.05, 3.63) is 35.9 Å². The van der Waals surface area contributed by atoms with Crippen molar-refractivity contribution in [2.45, 2.75) is 31.1 Å². The smallest absolute Gasteiger partial charge is 0.307 e. The molecule has 0 radical (unpaired) electrons. The summed E-state index contributed by atoms with van der Waals surface area (Å²) in [4.78, 5) is 11.1. The summed E-state index contributed by atoms with van der Waals surface area (Å²) in [7, 11) is 0. The summed E-state index contributed by atoms with van der Waals surface area (Å²) in [6.07, 6.45) is -0.650. The molecule has 0 bridgehead atoms. The molecular weight excluding hydrogens is 226 g/mol. The van der Waals surface area contributed by atoms with Crippen LogP contribution in [-0.2, 0) is 4.79 Å². The van der Waals surface area contributed by atoms with E-state index in [1.54, 1.807) is 30.3 Å². The lowest BCUT2D eigenvalue weighted by Gasteiger charge is -2.34. The third-order valence-corrected chi connectivity index (χ3v) is 3.37. The van der Waals surface area contributed by atoms with Crippen LogP contribution in [0.3, 0.4) is 0 Å². The van der Waals surface area contributed by atoms with Gasteiger partial charge in [-0.3, -0.25) is 4.79 Å². The minimum absolute atomic E-state index is 0.0435. The van der Waals surface area contributed by atoms with E-state index in [1.807, 2.05) is 0 Å². The van der Waals surface area contributed by atoms with Gasteiger partial charge in [0.15, 0.2) is 0 Å². The Hall–Kier alpha value is -1.45. The van der Waals surface area contributed by atoms with Gasteiger partial charge in [0, 0.05) is 18.8 Å². The molecule has 0 spiro atoms. The number of carboxylic acids is 1. The molecule has 0 aliphatic heterocycles. The van der Waals surface area contributed by atoms with Crippen molar-refractivity contribution < 1.29 is 18.7 Å². The number of alkyl halides is 2. The standard InChI is InChI=1S/C13H14F2O2/c14-13(15)7-6-10(12(16)17)11(8-13)9-4-2-1-3-5-9/h1-5,10-11H,6-8H2,(H,16,17). The molecule has 2 unspecified atom stereocenters. The molecule has 1 aromatic rings. The number of halogens is 2. The van der Waals surface area contributed by atoms with Crippen LogP contribution in [0.4, 0.5) is 8.78 Å². The van der Waals surface area contributed by atoms with Gasteiger partial charge in [-0.05, 0) is 12.0 Å². The largest absolute Gasteiger partial charge is 0.481 e. The monoisotopic (exact) mass is 240 g/mol. The zero-order chi connectivity index (χ0) is 12.5. The van der Waals surface area contributed by atoms with E-state index < -0.39 is 23.7 Å². The number of carboxylic acid groups (broad SMARTS) is 1. The number of hydrogen-bond donors (Lipinski definition) is 1. The van der Waals surface area contributed by atoms with E-state index in [0.29, 0.717) is 5.56 Å². The molecule has 1 aliphatic carbocycles. The molecule has 4 heteroatoms. The third kappa shape index (κ3) is 2.62. The highest BCUT2D eigenvalue weighted by atomic mass is 19.3. The Morgan fingerprint density at radius 2 is 1.94 bits per heavy atom. The highest BCUT2D eigenvalue weighted by Gasteiger charge is 2.44. The second kappa shape index (κ2) is 4.43. The maximum absolute atomic E-state index is 13.4. The summed E-state index contributed by atoms with van der Waals surface area (Å²) in [5.41, 5.74) is 0.694. The summed E-state index contributed by atoms with van der Waals surface area (Å²) < 4.78 is 26.8. The van der Waals surface area contributed by atoms with Crippen LogP contribution in [0.1, 0.15) is 30.7 Å². The fraction of sp³-hybridized carbons (Fsp3) is 0.462. The van der Waals surface area contributed by atoms with Crippen molar-refractivity contribution in [2.24, 2.45) is 5.92 Å². The Balaban J connectivity index is 2.29. The van der Waals surface area contributed by atoms with Crippen LogP contribution in [0.25, 0.3) is 0 Å². The number of carbonyl (C=O) groups is 1. The molecule has 17 heavy (non-hydrogen) atoms. The van der Waals surface area contributed by atoms with E-state index in [4.69, 9.17) is 5.11 Å². The van der Waals surface area contributed by atoms with E-state index in [9.17, 15) is 13.6 Å². The minimum atomic E-state index is -2.74. The van der Waals surface area contributed by atoms with Gasteiger partial charge in [0.25, 0.3) is 0 Å². The molecule has 1 aliphatic rings. The lowest BCUT2D eigenvalue weighted by molar-refractivity contribution is -0.147. The van der Waals surface area contributed by atoms with Crippen LogP contribution >= 0.6 is 0 Å². The average Bonchev–Trinajstić information content (AvgIpc) is 2.28. The van der Waals surface area contributed by atoms with Gasteiger partial charge in [0.2, 0.25) is 5.92 Å². The van der Waals surface area contributed by atoms with Crippen molar-refractivity contribution in [1.29, 1.82) is 0 Å². The van der Waals surface area contributed by atoms with E-state index in [2.05, 4.69) is 0 Å². The normalized spacial score (nSPS) is 27.6. The van der Waals surface area contributed by atoms with Crippen molar-refractivity contribution in [2.75, 3.05) is 0 Å². The lowest BCUT2D eigenvalue weighted by atomic mass is 9.74. The average molecular weight is 240 g/mol. The Morgan fingerprint density at radius 3 is 2.53 bits per heavy atom. The van der Waals surface area contributed by atoms with Crippen LogP contribution in [0, 0.1) is 5.92 Å². The molecule has 92 valence electrons. The van der Waals surface area contributed by atoms with E-state index in [1.165, 1.54) is 0 Å². The van der Waals surface area contributed by atoms with E-state index in [0.717, 1.165) is 0 Å². The Kier molecular flexibility index (Phi) is 3.13. The molecule has 0 aromatic heterocycles. The van der Waals surface area contributed by atoms with Crippen LogP contribution in [0.5, 0.6) is 0 Å². The summed E-state index contributed by atoms with van der Waals surface area (Å²) in [5.74, 6) is -5.00. The van der Waals surface area contributed by atoms with Crippen molar-refractivity contribution >= 4 is 5.97 Å². The first kappa shape index (κ1) is 12.0. The second-order valence-electron chi connectivity index (χ2n) is 4.56. The molecule has 2 nitrogen and oxygen atoms in total. The first-order chi connectivity index (χ1) is 7.99. The van der Waals surface area contributed by atoms with Gasteiger partial charge in [-0.15, -0.1) is 0 Å². The maximum Gasteiger partial charge on any atom is 0.307 e. The topological polar surface area (TPSA) is 37.3 Å². The Morgan fingerprint density at radius 1 is 1.29 bits per heavy atom. The van der Waals surface area contributed by atoms with E-state index >= 15 is 0 Å². The van der Waals surface area contributed by atoms with Crippen molar-refractivity contribution in [3.8, 4) is 0 Å². The van der Waals surface area contributed by atoms with Crippen LogP contribution < -0.4 is 0 Å². The van der Waals surface area contributed by atoms with Gasteiger partial charge in [0.05, 0.1) is 5.92 Å². The molecule has 2 rings (SSSR count). The molecule has 1 fully saturated rings. The molecular formula is C13H14F2O2. The summed E-state index contributed by atoms with van der Waals surface area (Å²) in [5, 5.41) is 9.10. The Bertz CT molecular complexity index is 403. The van der Waals surface area contributed by atoms with Gasteiger partial charge >= 0.3 is 5.97 Å². The highest BCUT2D eigenvalue weighted by molar-refractivity contribution is 5.71. The Labute approximate surface area is 98.3 Å². The van der Waals surface area contributed by atoms with Crippen LogP contribution in [0.15, 0.2) is 30.3 Å². The van der Waals surface area contributed by atoms with Crippen molar-refractivity contribution in [1.82, 2.24) is 0 Å². The van der Waals surface area contributed by atoms with Crippen molar-refractivity contribution in [3.63, 3.8) is 0 Å². The van der Waals surface area contributed by atoms with Gasteiger partial charge in [-0.25, -0.2) is 8.78 Å². The first-order valence-electron chi connectivity index (χ1n) is 5.65. The molecule has 1 N–H and O–H groups in total. The van der Waals surface area contributed by atoms with Crippen LogP contribution in [0.2, 0.25) is 0 Å². The third-order valence-electron chi connectivity index (χ3n) is 3.37. The summed E-state index contributed by atoms with van der Waals surface area (Å²) in [6.45, 7) is 0. The second-order valence-corrected chi connectivity index (χ2v) is 4.56.